The van der Waals surface area contributed by atoms with Gasteiger partial charge in [-0.15, -0.1) is 0 Å². The Hall–Kier alpha value is -1.13. The Labute approximate surface area is 108 Å². The second-order valence-electron chi connectivity index (χ2n) is 4.41. The fourth-order valence-corrected chi connectivity index (χ4v) is 1.72. The van der Waals surface area contributed by atoms with Crippen LogP contribution in [0, 0.1) is 0 Å². The van der Waals surface area contributed by atoms with Crippen molar-refractivity contribution in [2.75, 3.05) is 13.1 Å². The number of halogens is 1. The van der Waals surface area contributed by atoms with Crippen LogP contribution < -0.4 is 0 Å². The van der Waals surface area contributed by atoms with Crippen LogP contribution in [0.2, 0.25) is 0 Å². The highest BCUT2D eigenvalue weighted by Gasteiger charge is 2.14. The molecule has 0 rings (SSSR count). The third-order valence-corrected chi connectivity index (χ3v) is 2.91. The molecule has 1 N–H and O–H groups in total. The molecule has 0 bridgehead atoms. The van der Waals surface area contributed by atoms with E-state index in [4.69, 9.17) is 5.11 Å². The van der Waals surface area contributed by atoms with Gasteiger partial charge >= 0.3 is 5.97 Å². The third kappa shape index (κ3) is 8.03. The van der Waals surface area contributed by atoms with Crippen LogP contribution >= 0.6 is 0 Å². The zero-order valence-electron chi connectivity index (χ0n) is 11.3. The van der Waals surface area contributed by atoms with E-state index in [9.17, 15) is 14.0 Å². The summed E-state index contributed by atoms with van der Waals surface area (Å²) in [7, 11) is 0. The maximum atomic E-state index is 12.9. The van der Waals surface area contributed by atoms with Gasteiger partial charge in [0.2, 0.25) is 5.91 Å². The molecule has 0 aliphatic rings. The third-order valence-electron chi connectivity index (χ3n) is 2.91. The van der Waals surface area contributed by atoms with E-state index in [-0.39, 0.29) is 12.5 Å². The molecule has 1 unspecified atom stereocenters. The van der Waals surface area contributed by atoms with Gasteiger partial charge in [-0.05, 0) is 26.2 Å². The number of amides is 1. The van der Waals surface area contributed by atoms with E-state index in [1.165, 1.54) is 4.90 Å². The minimum Gasteiger partial charge on any atom is -0.480 e. The van der Waals surface area contributed by atoms with E-state index in [0.29, 0.717) is 32.2 Å². The first-order chi connectivity index (χ1) is 8.51. The number of alkyl halides is 1. The molecule has 4 nitrogen and oxygen atoms in total. The molecule has 0 radical (unpaired) electrons. The Morgan fingerprint density at radius 1 is 1.22 bits per heavy atom. The molecule has 0 aromatic heterocycles. The Morgan fingerprint density at radius 3 is 2.39 bits per heavy atom. The fraction of sp³-hybridized carbons (Fsp3) is 0.846. The van der Waals surface area contributed by atoms with Gasteiger partial charge in [0, 0.05) is 13.0 Å². The molecule has 0 spiro atoms. The molecule has 1 amide bonds. The highest BCUT2D eigenvalue weighted by Crippen LogP contribution is 2.11. The van der Waals surface area contributed by atoms with Crippen LogP contribution in [0.25, 0.3) is 0 Å². The summed E-state index contributed by atoms with van der Waals surface area (Å²) in [5.74, 6) is -1.12. The number of likely N-dealkylation sites (N-methyl/N-ethyl adjacent to an activating group) is 1. The summed E-state index contributed by atoms with van der Waals surface area (Å²) in [6.45, 7) is 3.75. The quantitative estimate of drug-likeness (QED) is 0.615. The summed E-state index contributed by atoms with van der Waals surface area (Å²) in [4.78, 5) is 23.5. The molecular formula is C13H24FNO3. The van der Waals surface area contributed by atoms with Crippen molar-refractivity contribution in [3.05, 3.63) is 0 Å². The van der Waals surface area contributed by atoms with Gasteiger partial charge in [-0.3, -0.25) is 9.59 Å². The number of hydrogen-bond donors (Lipinski definition) is 1. The van der Waals surface area contributed by atoms with Gasteiger partial charge in [-0.25, -0.2) is 4.39 Å². The Balaban J connectivity index is 3.71. The van der Waals surface area contributed by atoms with Crippen molar-refractivity contribution in [2.24, 2.45) is 0 Å². The van der Waals surface area contributed by atoms with Crippen molar-refractivity contribution in [1.29, 1.82) is 0 Å². The second-order valence-corrected chi connectivity index (χ2v) is 4.41. The number of rotatable bonds is 10. The van der Waals surface area contributed by atoms with Crippen LogP contribution in [0.15, 0.2) is 0 Å². The van der Waals surface area contributed by atoms with E-state index in [0.717, 1.165) is 12.8 Å². The Morgan fingerprint density at radius 2 is 1.89 bits per heavy atom. The lowest BCUT2D eigenvalue weighted by Gasteiger charge is -2.18. The lowest BCUT2D eigenvalue weighted by Crippen LogP contribution is -2.35. The SMILES string of the molecule is CCC(F)CCCCCC(=O)N(CC)CC(=O)O. The van der Waals surface area contributed by atoms with Crippen molar-refractivity contribution < 1.29 is 19.1 Å². The van der Waals surface area contributed by atoms with Gasteiger partial charge < -0.3 is 10.0 Å². The van der Waals surface area contributed by atoms with Crippen LogP contribution in [0.5, 0.6) is 0 Å². The van der Waals surface area contributed by atoms with Crippen molar-refractivity contribution in [1.82, 2.24) is 4.90 Å². The van der Waals surface area contributed by atoms with Crippen LogP contribution in [-0.2, 0) is 9.59 Å². The molecule has 5 heteroatoms. The minimum atomic E-state index is -0.992. The van der Waals surface area contributed by atoms with Crippen LogP contribution in [0.4, 0.5) is 4.39 Å². The predicted octanol–water partition coefficient (Wildman–Crippen LogP) is 2.62. The monoisotopic (exact) mass is 261 g/mol. The maximum Gasteiger partial charge on any atom is 0.323 e. The largest absolute Gasteiger partial charge is 0.480 e. The van der Waals surface area contributed by atoms with Gasteiger partial charge in [0.05, 0.1) is 6.17 Å². The van der Waals surface area contributed by atoms with Crippen LogP contribution in [0.3, 0.4) is 0 Å². The lowest BCUT2D eigenvalue weighted by molar-refractivity contribution is -0.144. The van der Waals surface area contributed by atoms with Crippen molar-refractivity contribution >= 4 is 11.9 Å². The summed E-state index contributed by atoms with van der Waals surface area (Å²) in [5.41, 5.74) is 0. The predicted molar refractivity (Wildman–Crippen MR) is 68.2 cm³/mol. The topological polar surface area (TPSA) is 57.6 Å². The number of carboxylic acids is 1. The zero-order chi connectivity index (χ0) is 14.0. The molecule has 0 saturated carbocycles. The zero-order valence-corrected chi connectivity index (χ0v) is 11.3. The highest BCUT2D eigenvalue weighted by atomic mass is 19.1. The van der Waals surface area contributed by atoms with Gasteiger partial charge in [-0.1, -0.05) is 19.8 Å². The summed E-state index contributed by atoms with van der Waals surface area (Å²) < 4.78 is 12.9. The van der Waals surface area contributed by atoms with Crippen molar-refractivity contribution in [3.63, 3.8) is 0 Å². The number of carboxylic acid groups (broad SMARTS) is 1. The number of nitrogens with zero attached hydrogens (tertiary/aromatic N) is 1. The molecule has 0 fully saturated rings. The maximum absolute atomic E-state index is 12.9. The van der Waals surface area contributed by atoms with Gasteiger partial charge in [-0.2, -0.15) is 0 Å². The van der Waals surface area contributed by atoms with E-state index in [1.807, 2.05) is 6.92 Å². The second kappa shape index (κ2) is 9.85. The summed E-state index contributed by atoms with van der Waals surface area (Å²) in [6.07, 6.45) is 3.01. The first kappa shape index (κ1) is 16.9. The van der Waals surface area contributed by atoms with Gasteiger partial charge in [0.15, 0.2) is 0 Å². The Bertz CT molecular complexity index is 259. The average molecular weight is 261 g/mol. The number of carbonyl (C=O) groups is 2. The van der Waals surface area contributed by atoms with E-state index in [2.05, 4.69) is 0 Å². The fourth-order valence-electron chi connectivity index (χ4n) is 1.72. The minimum absolute atomic E-state index is 0.132. The first-order valence-corrected chi connectivity index (χ1v) is 6.64. The molecular weight excluding hydrogens is 237 g/mol. The standard InChI is InChI=1S/C13H24FNO3/c1-3-11(14)8-6-5-7-9-12(16)15(4-2)10-13(17)18/h11H,3-10H2,1-2H3,(H,17,18). The molecule has 1 atom stereocenters. The number of aliphatic carboxylic acids is 1. The first-order valence-electron chi connectivity index (χ1n) is 6.64. The van der Waals surface area contributed by atoms with E-state index < -0.39 is 12.1 Å². The number of hydrogen-bond acceptors (Lipinski definition) is 2. The summed E-state index contributed by atoms with van der Waals surface area (Å²) in [6, 6.07) is 0. The molecule has 0 aliphatic heterocycles. The van der Waals surface area contributed by atoms with E-state index >= 15 is 0 Å². The van der Waals surface area contributed by atoms with Gasteiger partial charge in [0.25, 0.3) is 0 Å². The highest BCUT2D eigenvalue weighted by molar-refractivity contribution is 5.81. The molecule has 18 heavy (non-hydrogen) atoms. The van der Waals surface area contributed by atoms with Crippen molar-refractivity contribution in [3.8, 4) is 0 Å². The molecule has 0 aromatic carbocycles. The van der Waals surface area contributed by atoms with Crippen LogP contribution in [-0.4, -0.2) is 41.1 Å². The lowest BCUT2D eigenvalue weighted by atomic mass is 10.1. The molecule has 106 valence electrons. The molecule has 0 aromatic rings. The van der Waals surface area contributed by atoms with E-state index in [1.54, 1.807) is 6.92 Å². The molecule has 0 aliphatic carbocycles. The average Bonchev–Trinajstić information content (AvgIpc) is 2.34. The summed E-state index contributed by atoms with van der Waals surface area (Å²) >= 11 is 0. The Kier molecular flexibility index (Phi) is 9.24. The molecule has 0 saturated heterocycles. The molecule has 0 heterocycles. The van der Waals surface area contributed by atoms with Gasteiger partial charge in [0.1, 0.15) is 6.54 Å². The van der Waals surface area contributed by atoms with Crippen LogP contribution in [0.1, 0.15) is 52.4 Å². The van der Waals surface area contributed by atoms with Crippen molar-refractivity contribution in [2.45, 2.75) is 58.5 Å². The smallest absolute Gasteiger partial charge is 0.323 e. The number of unbranched alkanes of at least 4 members (excludes halogenated alkanes) is 2. The normalized spacial score (nSPS) is 12.2. The number of carbonyl (C=O) groups excluding carboxylic acids is 1. The summed E-state index contributed by atoms with van der Waals surface area (Å²) in [5, 5.41) is 8.63.